The molecule has 0 saturated heterocycles. The minimum atomic E-state index is -0.0136. The quantitative estimate of drug-likeness (QED) is 0.486. The van der Waals surface area contributed by atoms with Crippen molar-refractivity contribution in [1.29, 1.82) is 0 Å². The SMILES string of the molecule is CCC(=O)c1cnn(O)c1. The summed E-state index contributed by atoms with van der Waals surface area (Å²) in [7, 11) is 0. The zero-order valence-electron chi connectivity index (χ0n) is 5.61. The second-order valence-corrected chi connectivity index (χ2v) is 1.93. The van der Waals surface area contributed by atoms with Crippen molar-refractivity contribution in [3.63, 3.8) is 0 Å². The molecule has 1 aromatic rings. The molecule has 0 aliphatic rings. The number of ketones is 1. The van der Waals surface area contributed by atoms with Crippen molar-refractivity contribution in [2.45, 2.75) is 13.3 Å². The fraction of sp³-hybridized carbons (Fsp3) is 0.333. The predicted octanol–water partition coefficient (Wildman–Crippen LogP) is 0.713. The van der Waals surface area contributed by atoms with Gasteiger partial charge in [-0.15, -0.1) is 9.94 Å². The smallest absolute Gasteiger partial charge is 0.165 e. The number of carbonyl (C=O) groups is 1. The Morgan fingerprint density at radius 2 is 2.60 bits per heavy atom. The van der Waals surface area contributed by atoms with Gasteiger partial charge in [0.05, 0.1) is 18.0 Å². The van der Waals surface area contributed by atoms with Crippen molar-refractivity contribution in [1.82, 2.24) is 9.94 Å². The number of hydrogen-bond acceptors (Lipinski definition) is 3. The molecule has 0 amide bonds. The van der Waals surface area contributed by atoms with Gasteiger partial charge in [-0.05, 0) is 0 Å². The van der Waals surface area contributed by atoms with Crippen molar-refractivity contribution >= 4 is 5.78 Å². The average Bonchev–Trinajstić information content (AvgIpc) is 2.34. The van der Waals surface area contributed by atoms with Crippen LogP contribution in [0.4, 0.5) is 0 Å². The van der Waals surface area contributed by atoms with Crippen molar-refractivity contribution in [3.8, 4) is 0 Å². The Labute approximate surface area is 58.0 Å². The third-order valence-corrected chi connectivity index (χ3v) is 1.21. The van der Waals surface area contributed by atoms with Gasteiger partial charge in [0, 0.05) is 6.42 Å². The molecule has 54 valence electrons. The lowest BCUT2D eigenvalue weighted by atomic mass is 10.2. The molecule has 0 spiro atoms. The fourth-order valence-corrected chi connectivity index (χ4v) is 0.661. The summed E-state index contributed by atoms with van der Waals surface area (Å²) in [4.78, 5) is 11.5. The monoisotopic (exact) mass is 140 g/mol. The number of Topliss-reactive ketones (excluding diaryl/α,β-unsaturated/α-hetero) is 1. The molecule has 0 bridgehead atoms. The number of rotatable bonds is 2. The molecule has 0 aromatic carbocycles. The van der Waals surface area contributed by atoms with Crippen LogP contribution >= 0.6 is 0 Å². The van der Waals surface area contributed by atoms with E-state index in [-0.39, 0.29) is 5.78 Å². The Bertz CT molecular complexity index is 242. The van der Waals surface area contributed by atoms with Crippen LogP contribution < -0.4 is 0 Å². The van der Waals surface area contributed by atoms with Crippen LogP contribution in [0, 0.1) is 0 Å². The van der Waals surface area contributed by atoms with Gasteiger partial charge < -0.3 is 5.21 Å². The third-order valence-electron chi connectivity index (χ3n) is 1.21. The van der Waals surface area contributed by atoms with Crippen molar-refractivity contribution in [2.75, 3.05) is 0 Å². The molecule has 10 heavy (non-hydrogen) atoms. The fourth-order valence-electron chi connectivity index (χ4n) is 0.661. The Balaban J connectivity index is 2.85. The van der Waals surface area contributed by atoms with Gasteiger partial charge in [0.15, 0.2) is 5.78 Å². The van der Waals surface area contributed by atoms with Gasteiger partial charge in [0.1, 0.15) is 0 Å². The minimum absolute atomic E-state index is 0.0136. The normalized spacial score (nSPS) is 9.70. The van der Waals surface area contributed by atoms with Crippen LogP contribution in [0.15, 0.2) is 12.4 Å². The highest BCUT2D eigenvalue weighted by Crippen LogP contribution is 1.99. The zero-order valence-corrected chi connectivity index (χ0v) is 5.61. The molecule has 0 fully saturated rings. The van der Waals surface area contributed by atoms with E-state index in [2.05, 4.69) is 5.10 Å². The molecule has 4 nitrogen and oxygen atoms in total. The van der Waals surface area contributed by atoms with E-state index in [1.165, 1.54) is 12.4 Å². The van der Waals surface area contributed by atoms with E-state index < -0.39 is 0 Å². The van der Waals surface area contributed by atoms with Gasteiger partial charge in [0.2, 0.25) is 0 Å². The van der Waals surface area contributed by atoms with Crippen LogP contribution in [0.1, 0.15) is 23.7 Å². The van der Waals surface area contributed by atoms with E-state index >= 15 is 0 Å². The van der Waals surface area contributed by atoms with Gasteiger partial charge in [-0.25, -0.2) is 0 Å². The Morgan fingerprint density at radius 3 is 3.00 bits per heavy atom. The van der Waals surface area contributed by atoms with E-state index in [1.807, 2.05) is 0 Å². The lowest BCUT2D eigenvalue weighted by Crippen LogP contribution is -1.93. The molecule has 0 aliphatic carbocycles. The van der Waals surface area contributed by atoms with Gasteiger partial charge in [-0.2, -0.15) is 0 Å². The first-order chi connectivity index (χ1) is 4.74. The molecule has 1 rings (SSSR count). The third kappa shape index (κ3) is 1.15. The van der Waals surface area contributed by atoms with Crippen LogP contribution in [0.5, 0.6) is 0 Å². The number of nitrogens with zero attached hydrogens (tertiary/aromatic N) is 2. The molecule has 0 radical (unpaired) electrons. The van der Waals surface area contributed by atoms with Crippen LogP contribution in [0.25, 0.3) is 0 Å². The average molecular weight is 140 g/mol. The lowest BCUT2D eigenvalue weighted by Gasteiger charge is -1.86. The summed E-state index contributed by atoms with van der Waals surface area (Å²) in [6.45, 7) is 1.76. The van der Waals surface area contributed by atoms with Crippen molar-refractivity contribution < 1.29 is 10.0 Å². The first-order valence-electron chi connectivity index (χ1n) is 3.01. The summed E-state index contributed by atoms with van der Waals surface area (Å²) >= 11 is 0. The summed E-state index contributed by atoms with van der Waals surface area (Å²) in [6, 6.07) is 0. The Morgan fingerprint density at radius 1 is 1.90 bits per heavy atom. The maximum atomic E-state index is 10.9. The topological polar surface area (TPSA) is 55.1 Å². The molecular formula is C6H8N2O2. The van der Waals surface area contributed by atoms with Gasteiger partial charge in [-0.3, -0.25) is 4.79 Å². The lowest BCUT2D eigenvalue weighted by molar-refractivity contribution is 0.0985. The molecule has 0 saturated carbocycles. The summed E-state index contributed by atoms with van der Waals surface area (Å²) in [6.07, 6.45) is 3.06. The summed E-state index contributed by atoms with van der Waals surface area (Å²) in [5, 5.41) is 12.1. The second-order valence-electron chi connectivity index (χ2n) is 1.93. The van der Waals surface area contributed by atoms with Crippen molar-refractivity contribution in [3.05, 3.63) is 18.0 Å². The first kappa shape index (κ1) is 6.80. The molecule has 4 heteroatoms. The highest BCUT2D eigenvalue weighted by atomic mass is 16.5. The highest BCUT2D eigenvalue weighted by Gasteiger charge is 2.04. The highest BCUT2D eigenvalue weighted by molar-refractivity contribution is 5.95. The molecule has 1 aromatic heterocycles. The molecule has 0 unspecified atom stereocenters. The minimum Gasteiger partial charge on any atom is -0.412 e. The predicted molar refractivity (Wildman–Crippen MR) is 34.0 cm³/mol. The number of aromatic nitrogens is 2. The standard InChI is InChI=1S/C6H8N2O2/c1-2-6(9)5-3-7-8(10)4-5/h3-4,10H,2H2,1H3. The molecule has 0 atom stereocenters. The number of carbonyl (C=O) groups excluding carboxylic acids is 1. The summed E-state index contributed by atoms with van der Waals surface area (Å²) < 4.78 is 0. The maximum absolute atomic E-state index is 10.9. The van der Waals surface area contributed by atoms with Crippen LogP contribution in [0.3, 0.4) is 0 Å². The molecule has 1 heterocycles. The van der Waals surface area contributed by atoms with Crippen LogP contribution in [-0.4, -0.2) is 20.9 Å². The van der Waals surface area contributed by atoms with Crippen molar-refractivity contribution in [2.24, 2.45) is 0 Å². The van der Waals surface area contributed by atoms with Crippen LogP contribution in [-0.2, 0) is 0 Å². The van der Waals surface area contributed by atoms with E-state index in [0.717, 1.165) is 0 Å². The summed E-state index contributed by atoms with van der Waals surface area (Å²) in [5.41, 5.74) is 0.449. The number of hydrogen-bond donors (Lipinski definition) is 1. The second kappa shape index (κ2) is 2.51. The largest absolute Gasteiger partial charge is 0.412 e. The maximum Gasteiger partial charge on any atom is 0.165 e. The molecule has 0 aliphatic heterocycles. The van der Waals surface area contributed by atoms with E-state index in [9.17, 15) is 4.79 Å². The Hall–Kier alpha value is -1.32. The Kier molecular flexibility index (Phi) is 1.71. The summed E-state index contributed by atoms with van der Waals surface area (Å²) in [5.74, 6) is -0.0136. The zero-order chi connectivity index (χ0) is 7.56. The molecule has 1 N–H and O–H groups in total. The first-order valence-corrected chi connectivity index (χ1v) is 3.01. The van der Waals surface area contributed by atoms with Crippen LogP contribution in [0.2, 0.25) is 0 Å². The molecular weight excluding hydrogens is 132 g/mol. The van der Waals surface area contributed by atoms with Gasteiger partial charge in [0.25, 0.3) is 0 Å². The van der Waals surface area contributed by atoms with Gasteiger partial charge >= 0.3 is 0 Å². The van der Waals surface area contributed by atoms with E-state index in [4.69, 9.17) is 5.21 Å². The van der Waals surface area contributed by atoms with Gasteiger partial charge in [-0.1, -0.05) is 6.92 Å². The van der Waals surface area contributed by atoms with E-state index in [1.54, 1.807) is 6.92 Å². The van der Waals surface area contributed by atoms with E-state index in [0.29, 0.717) is 16.8 Å².